The molecule has 106 valence electrons. The number of rotatable bonds is 3. The highest BCUT2D eigenvalue weighted by atomic mass is 16.4. The van der Waals surface area contributed by atoms with Crippen LogP contribution >= 0.6 is 0 Å². The predicted octanol–water partition coefficient (Wildman–Crippen LogP) is 2.79. The van der Waals surface area contributed by atoms with Gasteiger partial charge in [-0.1, -0.05) is 17.3 Å². The quantitative estimate of drug-likeness (QED) is 0.801. The number of nitrogens with zero attached hydrogens (tertiary/aromatic N) is 3. The van der Waals surface area contributed by atoms with Gasteiger partial charge in [0.25, 0.3) is 0 Å². The number of hydrogen-bond acceptors (Lipinski definition) is 3. The molecule has 0 bridgehead atoms. The average Bonchev–Trinajstić information content (AvgIpc) is 2.82. The number of aromatic carboxylic acids is 1. The predicted molar refractivity (Wildman–Crippen MR) is 79.5 cm³/mol. The minimum Gasteiger partial charge on any atom is -0.478 e. The second kappa shape index (κ2) is 5.01. The van der Waals surface area contributed by atoms with E-state index in [0.717, 1.165) is 16.6 Å². The highest BCUT2D eigenvalue weighted by Crippen LogP contribution is 2.18. The van der Waals surface area contributed by atoms with Gasteiger partial charge in [-0.15, -0.1) is 5.10 Å². The molecular formula is C16H15N3O2. The van der Waals surface area contributed by atoms with Gasteiger partial charge in [-0.05, 0) is 54.8 Å². The lowest BCUT2D eigenvalue weighted by Gasteiger charge is -2.05. The van der Waals surface area contributed by atoms with Crippen LogP contribution in [0.2, 0.25) is 0 Å². The second-order valence-corrected chi connectivity index (χ2v) is 5.18. The first-order valence-electron chi connectivity index (χ1n) is 6.67. The van der Waals surface area contributed by atoms with Crippen LogP contribution in [0.4, 0.5) is 0 Å². The van der Waals surface area contributed by atoms with Crippen LogP contribution in [0, 0.1) is 13.8 Å². The SMILES string of the molecule is Cc1cc2nnn(Cc3cccc(C(=O)O)c3)c2cc1C. The van der Waals surface area contributed by atoms with Gasteiger partial charge in [0.2, 0.25) is 0 Å². The Hall–Kier alpha value is -2.69. The second-order valence-electron chi connectivity index (χ2n) is 5.18. The van der Waals surface area contributed by atoms with E-state index in [2.05, 4.69) is 23.3 Å². The molecule has 5 nitrogen and oxygen atoms in total. The van der Waals surface area contributed by atoms with Crippen molar-refractivity contribution in [2.75, 3.05) is 0 Å². The van der Waals surface area contributed by atoms with E-state index < -0.39 is 5.97 Å². The largest absolute Gasteiger partial charge is 0.478 e. The molecule has 0 fully saturated rings. The van der Waals surface area contributed by atoms with E-state index in [-0.39, 0.29) is 5.56 Å². The summed E-state index contributed by atoms with van der Waals surface area (Å²) in [4.78, 5) is 11.0. The fraction of sp³-hybridized carbons (Fsp3) is 0.188. The van der Waals surface area contributed by atoms with Crippen molar-refractivity contribution in [3.05, 3.63) is 58.7 Å². The van der Waals surface area contributed by atoms with Gasteiger partial charge < -0.3 is 5.11 Å². The fourth-order valence-electron chi connectivity index (χ4n) is 2.32. The molecule has 0 saturated carbocycles. The van der Waals surface area contributed by atoms with Crippen molar-refractivity contribution in [1.82, 2.24) is 15.0 Å². The Bertz CT molecular complexity index is 837. The number of carboxylic acids is 1. The smallest absolute Gasteiger partial charge is 0.335 e. The Morgan fingerprint density at radius 2 is 1.95 bits per heavy atom. The lowest BCUT2D eigenvalue weighted by atomic mass is 10.1. The minimum absolute atomic E-state index is 0.281. The Labute approximate surface area is 121 Å². The fourth-order valence-corrected chi connectivity index (χ4v) is 2.32. The summed E-state index contributed by atoms with van der Waals surface area (Å²) < 4.78 is 1.79. The Kier molecular flexibility index (Phi) is 3.17. The molecule has 1 N–H and O–H groups in total. The Morgan fingerprint density at radius 1 is 1.19 bits per heavy atom. The topological polar surface area (TPSA) is 68.0 Å². The van der Waals surface area contributed by atoms with Crippen LogP contribution in [0.25, 0.3) is 11.0 Å². The number of aromatic nitrogens is 3. The van der Waals surface area contributed by atoms with Crippen molar-refractivity contribution < 1.29 is 9.90 Å². The average molecular weight is 281 g/mol. The molecule has 0 saturated heterocycles. The lowest BCUT2D eigenvalue weighted by molar-refractivity contribution is 0.0696. The molecule has 0 aliphatic carbocycles. The molecule has 0 unspecified atom stereocenters. The Balaban J connectivity index is 2.00. The third-order valence-corrected chi connectivity index (χ3v) is 3.64. The first-order chi connectivity index (χ1) is 10.0. The van der Waals surface area contributed by atoms with Gasteiger partial charge in [0.1, 0.15) is 5.52 Å². The summed E-state index contributed by atoms with van der Waals surface area (Å²) in [5, 5.41) is 17.4. The van der Waals surface area contributed by atoms with Crippen molar-refractivity contribution in [1.29, 1.82) is 0 Å². The van der Waals surface area contributed by atoms with E-state index in [1.54, 1.807) is 22.9 Å². The van der Waals surface area contributed by atoms with Gasteiger partial charge in [-0.3, -0.25) is 0 Å². The summed E-state index contributed by atoms with van der Waals surface area (Å²) in [5.74, 6) is -0.924. The number of carbonyl (C=O) groups is 1. The van der Waals surface area contributed by atoms with Gasteiger partial charge in [0.05, 0.1) is 17.6 Å². The zero-order valence-electron chi connectivity index (χ0n) is 11.9. The summed E-state index contributed by atoms with van der Waals surface area (Å²) in [5.41, 5.74) is 5.35. The third-order valence-electron chi connectivity index (χ3n) is 3.64. The van der Waals surface area contributed by atoms with E-state index in [1.807, 2.05) is 19.1 Å². The molecular weight excluding hydrogens is 266 g/mol. The highest BCUT2D eigenvalue weighted by Gasteiger charge is 2.09. The number of carboxylic acid groups (broad SMARTS) is 1. The molecule has 0 aliphatic rings. The number of hydrogen-bond donors (Lipinski definition) is 1. The van der Waals surface area contributed by atoms with Gasteiger partial charge in [-0.25, -0.2) is 9.48 Å². The van der Waals surface area contributed by atoms with Crippen LogP contribution in [-0.4, -0.2) is 26.1 Å². The number of benzene rings is 2. The van der Waals surface area contributed by atoms with Crippen molar-refractivity contribution in [3.63, 3.8) is 0 Å². The van der Waals surface area contributed by atoms with Crippen LogP contribution in [0.5, 0.6) is 0 Å². The summed E-state index contributed by atoms with van der Waals surface area (Å²) in [6, 6.07) is 11.0. The van der Waals surface area contributed by atoms with E-state index in [9.17, 15) is 4.79 Å². The van der Waals surface area contributed by atoms with Crippen molar-refractivity contribution in [3.8, 4) is 0 Å². The van der Waals surface area contributed by atoms with Gasteiger partial charge >= 0.3 is 5.97 Å². The van der Waals surface area contributed by atoms with Crippen molar-refractivity contribution >= 4 is 17.0 Å². The van der Waals surface area contributed by atoms with Crippen LogP contribution in [-0.2, 0) is 6.54 Å². The van der Waals surface area contributed by atoms with Gasteiger partial charge in [0, 0.05) is 0 Å². The zero-order valence-corrected chi connectivity index (χ0v) is 11.9. The molecule has 1 aromatic heterocycles. The number of aryl methyl sites for hydroxylation is 2. The summed E-state index contributed by atoms with van der Waals surface area (Å²) >= 11 is 0. The monoisotopic (exact) mass is 281 g/mol. The maximum absolute atomic E-state index is 11.0. The van der Waals surface area contributed by atoms with Crippen LogP contribution in [0.15, 0.2) is 36.4 Å². The first kappa shape index (κ1) is 13.3. The van der Waals surface area contributed by atoms with E-state index in [4.69, 9.17) is 5.11 Å². The number of fused-ring (bicyclic) bond motifs is 1. The molecule has 0 atom stereocenters. The van der Waals surface area contributed by atoms with E-state index in [0.29, 0.717) is 6.54 Å². The Morgan fingerprint density at radius 3 is 2.71 bits per heavy atom. The summed E-state index contributed by atoms with van der Waals surface area (Å²) in [7, 11) is 0. The van der Waals surface area contributed by atoms with Crippen molar-refractivity contribution in [2.45, 2.75) is 20.4 Å². The van der Waals surface area contributed by atoms with E-state index in [1.165, 1.54) is 11.1 Å². The van der Waals surface area contributed by atoms with E-state index >= 15 is 0 Å². The highest BCUT2D eigenvalue weighted by molar-refractivity contribution is 5.87. The molecule has 1 heterocycles. The molecule has 0 amide bonds. The third kappa shape index (κ3) is 2.50. The molecule has 3 aromatic rings. The maximum atomic E-state index is 11.0. The van der Waals surface area contributed by atoms with Crippen LogP contribution in [0.3, 0.4) is 0 Å². The molecule has 0 radical (unpaired) electrons. The molecule has 21 heavy (non-hydrogen) atoms. The van der Waals surface area contributed by atoms with Gasteiger partial charge in [0.15, 0.2) is 0 Å². The molecule has 2 aromatic carbocycles. The maximum Gasteiger partial charge on any atom is 0.335 e. The van der Waals surface area contributed by atoms with Crippen LogP contribution in [0.1, 0.15) is 27.0 Å². The minimum atomic E-state index is -0.924. The van der Waals surface area contributed by atoms with Gasteiger partial charge in [-0.2, -0.15) is 0 Å². The summed E-state index contributed by atoms with van der Waals surface area (Å²) in [6.45, 7) is 4.60. The van der Waals surface area contributed by atoms with Crippen molar-refractivity contribution in [2.24, 2.45) is 0 Å². The normalized spacial score (nSPS) is 11.0. The molecule has 5 heteroatoms. The van der Waals surface area contributed by atoms with Crippen LogP contribution < -0.4 is 0 Å². The first-order valence-corrected chi connectivity index (χ1v) is 6.67. The standard InChI is InChI=1S/C16H15N3O2/c1-10-6-14-15(7-11(10)2)19(18-17-14)9-12-4-3-5-13(8-12)16(20)21/h3-8H,9H2,1-2H3,(H,20,21). The lowest BCUT2D eigenvalue weighted by Crippen LogP contribution is -2.04. The zero-order chi connectivity index (χ0) is 15.0. The molecule has 0 spiro atoms. The summed E-state index contributed by atoms with van der Waals surface area (Å²) in [6.07, 6.45) is 0. The molecule has 3 rings (SSSR count). The molecule has 0 aliphatic heterocycles.